The quantitative estimate of drug-likeness (QED) is 0.704. The molecular weight excluding hydrogens is 350 g/mol. The van der Waals surface area contributed by atoms with Gasteiger partial charge in [0.2, 0.25) is 10.0 Å². The van der Waals surface area contributed by atoms with E-state index in [0.717, 1.165) is 15.3 Å². The molecule has 120 valence electrons. The summed E-state index contributed by atoms with van der Waals surface area (Å²) in [4.78, 5) is 1.65. The van der Waals surface area contributed by atoms with E-state index in [0.29, 0.717) is 4.21 Å². The summed E-state index contributed by atoms with van der Waals surface area (Å²) < 4.78 is 27.1. The molecule has 2 aromatic heterocycles. The third-order valence-corrected chi connectivity index (χ3v) is 7.20. The van der Waals surface area contributed by atoms with Crippen LogP contribution >= 0.6 is 22.7 Å². The topological polar surface area (TPSA) is 66.4 Å². The van der Waals surface area contributed by atoms with E-state index in [4.69, 9.17) is 0 Å². The lowest BCUT2D eigenvalue weighted by Gasteiger charge is -2.08. The normalized spacial score (nSPS) is 13.1. The summed E-state index contributed by atoms with van der Waals surface area (Å²) in [6, 6.07) is 16.3. The van der Waals surface area contributed by atoms with Gasteiger partial charge in [0, 0.05) is 16.3 Å². The minimum absolute atomic E-state index is 0.215. The molecule has 3 rings (SSSR count). The van der Waals surface area contributed by atoms with Crippen LogP contribution in [0.5, 0.6) is 0 Å². The van der Waals surface area contributed by atoms with Gasteiger partial charge in [0.1, 0.15) is 10.3 Å². The van der Waals surface area contributed by atoms with Crippen LogP contribution in [-0.2, 0) is 16.6 Å². The molecule has 0 aliphatic heterocycles. The Kier molecular flexibility index (Phi) is 4.93. The van der Waals surface area contributed by atoms with E-state index in [9.17, 15) is 13.5 Å². The van der Waals surface area contributed by atoms with E-state index in [1.807, 2.05) is 42.5 Å². The third kappa shape index (κ3) is 3.88. The summed E-state index contributed by atoms with van der Waals surface area (Å²) in [5.74, 6) is 0. The van der Waals surface area contributed by atoms with Gasteiger partial charge >= 0.3 is 0 Å². The molecule has 0 fully saturated rings. The summed E-state index contributed by atoms with van der Waals surface area (Å²) >= 11 is 2.59. The minimum Gasteiger partial charge on any atom is -0.383 e. The summed E-state index contributed by atoms with van der Waals surface area (Å²) in [5, 5.41) is 12.1. The monoisotopic (exact) mass is 365 g/mol. The number of hydrogen-bond acceptors (Lipinski definition) is 5. The molecule has 2 heterocycles. The van der Waals surface area contributed by atoms with Crippen molar-refractivity contribution >= 4 is 32.7 Å². The Labute approximate surface area is 143 Å². The molecule has 0 aliphatic carbocycles. The predicted octanol–water partition coefficient (Wildman–Crippen LogP) is 3.37. The molecule has 0 spiro atoms. The molecule has 0 saturated heterocycles. The minimum atomic E-state index is -3.47. The fourth-order valence-electron chi connectivity index (χ4n) is 2.09. The zero-order valence-corrected chi connectivity index (χ0v) is 14.5. The van der Waals surface area contributed by atoms with E-state index in [1.165, 1.54) is 22.7 Å². The van der Waals surface area contributed by atoms with Crippen LogP contribution in [0.25, 0.3) is 0 Å². The average Bonchev–Trinajstić information content (AvgIpc) is 3.25. The van der Waals surface area contributed by atoms with Crippen LogP contribution in [0, 0.1) is 0 Å². The first-order valence-corrected chi connectivity index (χ1v) is 10.1. The standard InChI is InChI=1S/C16H15NO3S3/c18-16(12-5-2-1-3-6-12)14-9-8-13(22-14)11-17-23(19,20)15-7-4-10-21-15/h1-10,16-18H,11H2. The Morgan fingerprint density at radius 2 is 1.83 bits per heavy atom. The van der Waals surface area contributed by atoms with E-state index >= 15 is 0 Å². The predicted molar refractivity (Wildman–Crippen MR) is 93.2 cm³/mol. The lowest BCUT2D eigenvalue weighted by molar-refractivity contribution is 0.224. The highest BCUT2D eigenvalue weighted by Crippen LogP contribution is 2.28. The number of aliphatic hydroxyl groups is 1. The Balaban J connectivity index is 1.68. The van der Waals surface area contributed by atoms with Crippen LogP contribution in [-0.4, -0.2) is 13.5 Å². The molecule has 0 saturated carbocycles. The van der Waals surface area contributed by atoms with Gasteiger partial charge in [-0.2, -0.15) is 0 Å². The molecule has 7 heteroatoms. The van der Waals surface area contributed by atoms with E-state index in [1.54, 1.807) is 17.5 Å². The summed E-state index contributed by atoms with van der Waals surface area (Å²) in [7, 11) is -3.47. The maximum Gasteiger partial charge on any atom is 0.250 e. The van der Waals surface area contributed by atoms with Gasteiger partial charge in [-0.3, -0.25) is 0 Å². The number of sulfonamides is 1. The molecule has 1 atom stereocenters. The first-order valence-electron chi connectivity index (χ1n) is 6.91. The number of aliphatic hydroxyl groups excluding tert-OH is 1. The van der Waals surface area contributed by atoms with Crippen molar-refractivity contribution < 1.29 is 13.5 Å². The van der Waals surface area contributed by atoms with Crippen LogP contribution < -0.4 is 4.72 Å². The Hall–Kier alpha value is -1.51. The smallest absolute Gasteiger partial charge is 0.250 e. The number of nitrogens with one attached hydrogen (secondary N) is 1. The van der Waals surface area contributed by atoms with Crippen molar-refractivity contribution in [3.05, 3.63) is 75.3 Å². The second-order valence-corrected chi connectivity index (χ2v) is 9.02. The van der Waals surface area contributed by atoms with Crippen molar-refractivity contribution in [2.24, 2.45) is 0 Å². The molecule has 0 aliphatic rings. The third-order valence-electron chi connectivity index (χ3n) is 3.26. The van der Waals surface area contributed by atoms with Gasteiger partial charge in [0.05, 0.1) is 0 Å². The largest absolute Gasteiger partial charge is 0.383 e. The Morgan fingerprint density at radius 3 is 2.52 bits per heavy atom. The van der Waals surface area contributed by atoms with Crippen LogP contribution in [0.1, 0.15) is 21.4 Å². The van der Waals surface area contributed by atoms with Crippen molar-refractivity contribution in [3.8, 4) is 0 Å². The molecular formula is C16H15NO3S3. The van der Waals surface area contributed by atoms with Gasteiger partial charge in [-0.25, -0.2) is 13.1 Å². The van der Waals surface area contributed by atoms with E-state index in [-0.39, 0.29) is 6.54 Å². The summed E-state index contributed by atoms with van der Waals surface area (Å²) in [6.45, 7) is 0.215. The zero-order chi connectivity index (χ0) is 16.3. The highest BCUT2D eigenvalue weighted by Gasteiger charge is 2.16. The molecule has 1 aromatic carbocycles. The molecule has 0 bridgehead atoms. The van der Waals surface area contributed by atoms with Gasteiger partial charge in [0.15, 0.2) is 0 Å². The molecule has 3 aromatic rings. The fraction of sp³-hybridized carbons (Fsp3) is 0.125. The van der Waals surface area contributed by atoms with Gasteiger partial charge < -0.3 is 5.11 Å². The van der Waals surface area contributed by atoms with E-state index < -0.39 is 16.1 Å². The summed E-state index contributed by atoms with van der Waals surface area (Å²) in [5.41, 5.74) is 0.820. The maximum absolute atomic E-state index is 12.1. The number of benzene rings is 1. The number of rotatable bonds is 6. The first kappa shape index (κ1) is 16.4. The SMILES string of the molecule is O=S(=O)(NCc1ccc(C(O)c2ccccc2)s1)c1cccs1. The van der Waals surface area contributed by atoms with Crippen molar-refractivity contribution in [1.29, 1.82) is 0 Å². The van der Waals surface area contributed by atoms with Gasteiger partial charge in [-0.1, -0.05) is 36.4 Å². The van der Waals surface area contributed by atoms with Gasteiger partial charge in [-0.05, 0) is 29.1 Å². The van der Waals surface area contributed by atoms with Crippen LogP contribution in [0.3, 0.4) is 0 Å². The van der Waals surface area contributed by atoms with Crippen LogP contribution in [0.15, 0.2) is 64.2 Å². The molecule has 0 radical (unpaired) electrons. The van der Waals surface area contributed by atoms with E-state index in [2.05, 4.69) is 4.72 Å². The first-order chi connectivity index (χ1) is 11.1. The van der Waals surface area contributed by atoms with Gasteiger partial charge in [0.25, 0.3) is 0 Å². The number of thiophene rings is 2. The molecule has 4 nitrogen and oxygen atoms in total. The second kappa shape index (κ2) is 6.94. The van der Waals surface area contributed by atoms with Crippen molar-refractivity contribution in [2.45, 2.75) is 16.9 Å². The molecule has 23 heavy (non-hydrogen) atoms. The summed E-state index contributed by atoms with van der Waals surface area (Å²) in [6.07, 6.45) is -0.691. The Morgan fingerprint density at radius 1 is 1.04 bits per heavy atom. The van der Waals surface area contributed by atoms with Crippen molar-refractivity contribution in [3.63, 3.8) is 0 Å². The Bertz CT molecular complexity index is 855. The molecule has 0 amide bonds. The van der Waals surface area contributed by atoms with Gasteiger partial charge in [-0.15, -0.1) is 22.7 Å². The molecule has 1 unspecified atom stereocenters. The maximum atomic E-state index is 12.1. The lowest BCUT2D eigenvalue weighted by atomic mass is 10.1. The second-order valence-electron chi connectivity index (χ2n) is 4.87. The van der Waals surface area contributed by atoms with Crippen LogP contribution in [0.4, 0.5) is 0 Å². The van der Waals surface area contributed by atoms with Crippen molar-refractivity contribution in [2.75, 3.05) is 0 Å². The zero-order valence-electron chi connectivity index (χ0n) is 12.0. The van der Waals surface area contributed by atoms with Crippen molar-refractivity contribution in [1.82, 2.24) is 4.72 Å². The lowest BCUT2D eigenvalue weighted by Crippen LogP contribution is -2.21. The van der Waals surface area contributed by atoms with Crippen LogP contribution in [0.2, 0.25) is 0 Å². The highest BCUT2D eigenvalue weighted by molar-refractivity contribution is 7.91. The number of hydrogen-bond donors (Lipinski definition) is 2. The molecule has 2 N–H and O–H groups in total. The highest BCUT2D eigenvalue weighted by atomic mass is 32.2. The average molecular weight is 366 g/mol. The fourth-order valence-corrected chi connectivity index (χ4v) is 5.19.